The van der Waals surface area contributed by atoms with Crippen LogP contribution in [0, 0.1) is 0 Å². The Balaban J connectivity index is 1.60. The zero-order chi connectivity index (χ0) is 24.0. The fraction of sp³-hybridized carbons (Fsp3) is 0.375. The van der Waals surface area contributed by atoms with Crippen LogP contribution in [0.2, 0.25) is 0 Å². The summed E-state index contributed by atoms with van der Waals surface area (Å²) in [6.45, 7) is 1.68. The molecule has 3 rings (SSSR count). The van der Waals surface area contributed by atoms with E-state index in [9.17, 15) is 23.2 Å². The number of amides is 2. The number of fused-ring (bicyclic) bond motifs is 3. The van der Waals surface area contributed by atoms with Crippen molar-refractivity contribution in [3.63, 3.8) is 0 Å². The van der Waals surface area contributed by atoms with Gasteiger partial charge in [-0.1, -0.05) is 61.9 Å². The number of aliphatic carboxylic acids is 1. The number of benzene rings is 2. The second-order valence-electron chi connectivity index (χ2n) is 7.86. The van der Waals surface area contributed by atoms with Crippen molar-refractivity contribution in [2.45, 2.75) is 50.6 Å². The number of alkyl halides is 2. The van der Waals surface area contributed by atoms with Crippen molar-refractivity contribution < 1.29 is 33.0 Å². The molecule has 0 bridgehead atoms. The van der Waals surface area contributed by atoms with Gasteiger partial charge in [0.25, 0.3) is 6.43 Å². The van der Waals surface area contributed by atoms with Crippen molar-refractivity contribution >= 4 is 18.0 Å². The molecule has 0 spiro atoms. The van der Waals surface area contributed by atoms with Gasteiger partial charge in [-0.05, 0) is 28.7 Å². The number of halogens is 2. The van der Waals surface area contributed by atoms with Crippen LogP contribution in [0.15, 0.2) is 48.5 Å². The first-order chi connectivity index (χ1) is 15.8. The number of hydrogen-bond donors (Lipinski definition) is 3. The molecular formula is C24H26F2N2O5. The van der Waals surface area contributed by atoms with Gasteiger partial charge in [0.1, 0.15) is 18.7 Å². The summed E-state index contributed by atoms with van der Waals surface area (Å²) in [6, 6.07) is 12.4. The highest BCUT2D eigenvalue weighted by atomic mass is 19.3. The minimum Gasteiger partial charge on any atom is -0.480 e. The molecule has 2 amide bonds. The van der Waals surface area contributed by atoms with E-state index in [-0.39, 0.29) is 18.9 Å². The molecule has 0 radical (unpaired) electrons. The SMILES string of the molecule is CCCC(NC(=O)CC(NC(=O)OCC1c2ccccc2-c2ccccc21)C(F)F)C(=O)O. The van der Waals surface area contributed by atoms with Crippen molar-refractivity contribution in [3.05, 3.63) is 59.7 Å². The fourth-order valence-electron chi connectivity index (χ4n) is 3.99. The average Bonchev–Trinajstić information content (AvgIpc) is 3.10. The van der Waals surface area contributed by atoms with E-state index in [4.69, 9.17) is 9.84 Å². The third-order valence-corrected chi connectivity index (χ3v) is 5.57. The van der Waals surface area contributed by atoms with Crippen LogP contribution in [0.4, 0.5) is 13.6 Å². The van der Waals surface area contributed by atoms with E-state index in [0.717, 1.165) is 22.3 Å². The molecule has 0 heterocycles. The van der Waals surface area contributed by atoms with E-state index >= 15 is 0 Å². The van der Waals surface area contributed by atoms with E-state index in [1.54, 1.807) is 6.92 Å². The molecule has 0 saturated carbocycles. The lowest BCUT2D eigenvalue weighted by molar-refractivity contribution is -0.142. The van der Waals surface area contributed by atoms with Gasteiger partial charge in [-0.2, -0.15) is 0 Å². The summed E-state index contributed by atoms with van der Waals surface area (Å²) in [5.74, 6) is -2.37. The Hall–Kier alpha value is -3.49. The number of carbonyl (C=O) groups is 3. The van der Waals surface area contributed by atoms with Gasteiger partial charge in [-0.15, -0.1) is 0 Å². The van der Waals surface area contributed by atoms with Gasteiger partial charge in [-0.3, -0.25) is 4.79 Å². The topological polar surface area (TPSA) is 105 Å². The third-order valence-electron chi connectivity index (χ3n) is 5.57. The van der Waals surface area contributed by atoms with Crippen LogP contribution in [-0.4, -0.2) is 48.2 Å². The molecule has 3 N–H and O–H groups in total. The van der Waals surface area contributed by atoms with Crippen LogP contribution in [0.5, 0.6) is 0 Å². The van der Waals surface area contributed by atoms with E-state index < -0.39 is 42.9 Å². The standard InChI is InChI=1S/C24H26F2N2O5/c1-2-7-19(23(30)31)27-21(29)12-20(22(25)26)28-24(32)33-13-18-16-10-5-3-8-14(16)15-9-4-6-11-17(15)18/h3-6,8-11,18-20,22H,2,7,12-13H2,1H3,(H,27,29)(H,28,32)(H,30,31). The average molecular weight is 460 g/mol. The minimum absolute atomic E-state index is 0.0559. The van der Waals surface area contributed by atoms with Gasteiger partial charge in [0.15, 0.2) is 0 Å². The summed E-state index contributed by atoms with van der Waals surface area (Å²) < 4.78 is 32.1. The number of rotatable bonds is 10. The van der Waals surface area contributed by atoms with Crippen LogP contribution in [0.1, 0.15) is 43.2 Å². The third kappa shape index (κ3) is 5.85. The lowest BCUT2D eigenvalue weighted by Crippen LogP contribution is -2.47. The molecule has 2 atom stereocenters. The number of ether oxygens (including phenoxy) is 1. The molecule has 0 aliphatic heterocycles. The van der Waals surface area contributed by atoms with Crippen molar-refractivity contribution in [3.8, 4) is 11.1 Å². The number of hydrogen-bond acceptors (Lipinski definition) is 4. The lowest BCUT2D eigenvalue weighted by Gasteiger charge is -2.20. The molecular weight excluding hydrogens is 434 g/mol. The van der Waals surface area contributed by atoms with E-state index in [2.05, 4.69) is 5.32 Å². The number of nitrogens with one attached hydrogen (secondary N) is 2. The molecule has 176 valence electrons. The first-order valence-corrected chi connectivity index (χ1v) is 10.7. The highest BCUT2D eigenvalue weighted by molar-refractivity contribution is 5.84. The zero-order valence-electron chi connectivity index (χ0n) is 18.1. The Morgan fingerprint density at radius 2 is 1.58 bits per heavy atom. The number of alkyl carbamates (subject to hydrolysis) is 1. The highest BCUT2D eigenvalue weighted by Gasteiger charge is 2.31. The predicted octanol–water partition coefficient (Wildman–Crippen LogP) is 3.92. The largest absolute Gasteiger partial charge is 0.480 e. The minimum atomic E-state index is -3.04. The smallest absolute Gasteiger partial charge is 0.407 e. The Labute approximate surface area is 190 Å². The zero-order valence-corrected chi connectivity index (χ0v) is 18.1. The molecule has 0 fully saturated rings. The summed E-state index contributed by atoms with van der Waals surface area (Å²) in [7, 11) is 0. The van der Waals surface area contributed by atoms with Gasteiger partial charge < -0.3 is 20.5 Å². The molecule has 2 unspecified atom stereocenters. The van der Waals surface area contributed by atoms with Crippen LogP contribution in [0.3, 0.4) is 0 Å². The van der Waals surface area contributed by atoms with Crippen LogP contribution in [-0.2, 0) is 14.3 Å². The lowest BCUT2D eigenvalue weighted by atomic mass is 9.98. The van der Waals surface area contributed by atoms with E-state index in [1.165, 1.54) is 0 Å². The van der Waals surface area contributed by atoms with Crippen molar-refractivity contribution in [1.29, 1.82) is 0 Å². The van der Waals surface area contributed by atoms with Crippen LogP contribution in [0.25, 0.3) is 11.1 Å². The van der Waals surface area contributed by atoms with Crippen molar-refractivity contribution in [2.24, 2.45) is 0 Å². The number of carbonyl (C=O) groups excluding carboxylic acids is 2. The Morgan fingerprint density at radius 3 is 2.09 bits per heavy atom. The summed E-state index contributed by atoms with van der Waals surface area (Å²) in [6.07, 6.45) is -4.22. The molecule has 2 aromatic rings. The Kier molecular flexibility index (Phi) is 7.97. The molecule has 1 aliphatic rings. The van der Waals surface area contributed by atoms with Gasteiger partial charge in [0.05, 0.1) is 6.42 Å². The van der Waals surface area contributed by atoms with E-state index in [1.807, 2.05) is 53.8 Å². The van der Waals surface area contributed by atoms with Crippen LogP contribution >= 0.6 is 0 Å². The Morgan fingerprint density at radius 1 is 1.00 bits per heavy atom. The van der Waals surface area contributed by atoms with Crippen molar-refractivity contribution in [2.75, 3.05) is 6.61 Å². The van der Waals surface area contributed by atoms with E-state index in [0.29, 0.717) is 6.42 Å². The highest BCUT2D eigenvalue weighted by Crippen LogP contribution is 2.44. The molecule has 2 aromatic carbocycles. The van der Waals surface area contributed by atoms with Crippen molar-refractivity contribution in [1.82, 2.24) is 10.6 Å². The quantitative estimate of drug-likeness (QED) is 0.499. The Bertz CT molecular complexity index is 968. The number of carboxylic acids is 1. The molecule has 33 heavy (non-hydrogen) atoms. The normalized spacial score (nSPS) is 14.2. The summed E-state index contributed by atoms with van der Waals surface area (Å²) >= 11 is 0. The molecule has 0 saturated heterocycles. The summed E-state index contributed by atoms with van der Waals surface area (Å²) in [5, 5.41) is 13.3. The summed E-state index contributed by atoms with van der Waals surface area (Å²) in [4.78, 5) is 35.5. The first kappa shape index (κ1) is 24.2. The maximum Gasteiger partial charge on any atom is 0.407 e. The second-order valence-corrected chi connectivity index (χ2v) is 7.86. The molecule has 1 aliphatic carbocycles. The maximum absolute atomic E-state index is 13.4. The van der Waals surface area contributed by atoms with Gasteiger partial charge in [-0.25, -0.2) is 18.4 Å². The molecule has 7 nitrogen and oxygen atoms in total. The molecule has 0 aromatic heterocycles. The summed E-state index contributed by atoms with van der Waals surface area (Å²) in [5.41, 5.74) is 4.02. The number of carboxylic acid groups (broad SMARTS) is 1. The second kappa shape index (κ2) is 10.9. The fourth-order valence-corrected chi connectivity index (χ4v) is 3.99. The van der Waals surface area contributed by atoms with Crippen LogP contribution < -0.4 is 10.6 Å². The van der Waals surface area contributed by atoms with Gasteiger partial charge >= 0.3 is 12.1 Å². The maximum atomic E-state index is 13.4. The van der Waals surface area contributed by atoms with Gasteiger partial charge in [0.2, 0.25) is 5.91 Å². The monoisotopic (exact) mass is 460 g/mol. The van der Waals surface area contributed by atoms with Gasteiger partial charge in [0, 0.05) is 5.92 Å². The molecule has 9 heteroatoms. The predicted molar refractivity (Wildman–Crippen MR) is 117 cm³/mol. The first-order valence-electron chi connectivity index (χ1n) is 10.7.